The summed E-state index contributed by atoms with van der Waals surface area (Å²) in [6, 6.07) is 0.270. The van der Waals surface area contributed by atoms with E-state index in [1.165, 1.54) is 0 Å². The molecule has 1 saturated carbocycles. The Bertz CT molecular complexity index is 884. The van der Waals surface area contributed by atoms with Crippen molar-refractivity contribution in [2.75, 3.05) is 6.54 Å². The van der Waals surface area contributed by atoms with Crippen molar-refractivity contribution in [1.29, 1.82) is 0 Å². The van der Waals surface area contributed by atoms with Crippen LogP contribution in [0.25, 0.3) is 0 Å². The molecule has 2 aromatic rings. The lowest BCUT2D eigenvalue weighted by Gasteiger charge is -2.23. The molecule has 0 radical (unpaired) electrons. The lowest BCUT2D eigenvalue weighted by molar-refractivity contribution is -0.132. The van der Waals surface area contributed by atoms with E-state index in [4.69, 9.17) is 10.3 Å². The summed E-state index contributed by atoms with van der Waals surface area (Å²) in [6.45, 7) is 0.552. The zero-order valence-corrected chi connectivity index (χ0v) is 15.2. The van der Waals surface area contributed by atoms with Gasteiger partial charge in [-0.25, -0.2) is 13.2 Å². The van der Waals surface area contributed by atoms with E-state index < -0.39 is 23.5 Å². The monoisotopic (exact) mass is 394 g/mol. The van der Waals surface area contributed by atoms with Gasteiger partial charge in [-0.3, -0.25) is 4.79 Å². The fourth-order valence-corrected chi connectivity index (χ4v) is 3.63. The number of amides is 1. The lowest BCUT2D eigenvalue weighted by Crippen LogP contribution is -2.36. The van der Waals surface area contributed by atoms with Gasteiger partial charge in [0.05, 0.1) is 0 Å². The van der Waals surface area contributed by atoms with E-state index in [0.717, 1.165) is 31.7 Å². The number of benzene rings is 1. The number of hydrogen-bond acceptors (Lipinski definition) is 5. The number of hydrogen-bond donors (Lipinski definition) is 1. The number of carbonyl (C=O) groups is 1. The van der Waals surface area contributed by atoms with Crippen molar-refractivity contribution in [3.05, 3.63) is 46.9 Å². The van der Waals surface area contributed by atoms with Crippen molar-refractivity contribution in [3.63, 3.8) is 0 Å². The molecule has 150 valence electrons. The maximum Gasteiger partial charge on any atom is 0.249 e. The normalized spacial score (nSPS) is 20.6. The van der Waals surface area contributed by atoms with Crippen LogP contribution in [-0.2, 0) is 11.2 Å². The van der Waals surface area contributed by atoms with Crippen LogP contribution in [0.1, 0.15) is 61.3 Å². The number of halogens is 3. The van der Waals surface area contributed by atoms with E-state index in [9.17, 15) is 18.0 Å². The van der Waals surface area contributed by atoms with Gasteiger partial charge >= 0.3 is 0 Å². The molecule has 2 atom stereocenters. The van der Waals surface area contributed by atoms with Crippen LogP contribution in [0.5, 0.6) is 0 Å². The minimum atomic E-state index is -1.25. The molecule has 28 heavy (non-hydrogen) atoms. The molecular weight excluding hydrogens is 373 g/mol. The Kier molecular flexibility index (Phi) is 5.09. The molecule has 2 aliphatic rings. The molecule has 0 bridgehead atoms. The molecule has 1 aliphatic carbocycles. The smallest absolute Gasteiger partial charge is 0.249 e. The second kappa shape index (κ2) is 7.54. The highest BCUT2D eigenvalue weighted by molar-refractivity contribution is 5.77. The Hall–Kier alpha value is -2.42. The molecule has 9 heteroatoms. The Labute approximate surface area is 159 Å². The predicted molar refractivity (Wildman–Crippen MR) is 92.6 cm³/mol. The molecule has 1 amide bonds. The average molecular weight is 394 g/mol. The molecule has 1 aromatic carbocycles. The van der Waals surface area contributed by atoms with E-state index in [2.05, 4.69) is 10.1 Å². The van der Waals surface area contributed by atoms with E-state index in [-0.39, 0.29) is 30.4 Å². The van der Waals surface area contributed by atoms with Gasteiger partial charge in [0.1, 0.15) is 11.9 Å². The van der Waals surface area contributed by atoms with E-state index >= 15 is 0 Å². The van der Waals surface area contributed by atoms with Crippen LogP contribution < -0.4 is 5.73 Å². The first-order valence-corrected chi connectivity index (χ1v) is 9.44. The lowest BCUT2D eigenvalue weighted by atomic mass is 10.0. The van der Waals surface area contributed by atoms with Crippen LogP contribution in [0, 0.1) is 17.5 Å². The third-order valence-electron chi connectivity index (χ3n) is 5.27. The molecule has 2 heterocycles. The van der Waals surface area contributed by atoms with Crippen molar-refractivity contribution >= 4 is 5.91 Å². The first-order chi connectivity index (χ1) is 13.4. The third-order valence-corrected chi connectivity index (χ3v) is 5.27. The topological polar surface area (TPSA) is 85.3 Å². The van der Waals surface area contributed by atoms with Crippen molar-refractivity contribution in [2.45, 2.75) is 56.5 Å². The van der Waals surface area contributed by atoms with Gasteiger partial charge in [0, 0.05) is 31.0 Å². The molecule has 0 spiro atoms. The van der Waals surface area contributed by atoms with Crippen LogP contribution in [0.3, 0.4) is 0 Å². The fourth-order valence-electron chi connectivity index (χ4n) is 3.63. The fraction of sp³-hybridized carbons (Fsp3) is 0.526. The summed E-state index contributed by atoms with van der Waals surface area (Å²) < 4.78 is 45.5. The van der Waals surface area contributed by atoms with Gasteiger partial charge in [0.15, 0.2) is 17.5 Å². The molecular formula is C19H21F3N4O2. The molecule has 1 aliphatic heterocycles. The standard InChI is InChI=1S/C19H21F3N4O2/c20-13-9-15(22)14(21)7-11(13)6-12(23)8-17(27)26-5-1-2-16(26)19-24-18(25-28-19)10-3-4-10/h7,9-10,12,16H,1-6,8,23H2/t12-,16+/m1/s1. The number of likely N-dealkylation sites (tertiary alicyclic amines) is 1. The quantitative estimate of drug-likeness (QED) is 0.762. The maximum atomic E-state index is 13.8. The summed E-state index contributed by atoms with van der Waals surface area (Å²) in [4.78, 5) is 18.8. The molecule has 1 saturated heterocycles. The molecule has 2 fully saturated rings. The summed E-state index contributed by atoms with van der Waals surface area (Å²) in [5, 5.41) is 4.00. The Balaban J connectivity index is 1.39. The first kappa shape index (κ1) is 18.9. The van der Waals surface area contributed by atoms with Gasteiger partial charge in [0.25, 0.3) is 0 Å². The molecule has 4 rings (SSSR count). The number of aromatic nitrogens is 2. The molecule has 2 N–H and O–H groups in total. The van der Waals surface area contributed by atoms with Crippen molar-refractivity contribution in [2.24, 2.45) is 5.73 Å². The highest BCUT2D eigenvalue weighted by Crippen LogP contribution is 2.39. The minimum absolute atomic E-state index is 0.0431. The maximum absolute atomic E-state index is 13.8. The summed E-state index contributed by atoms with van der Waals surface area (Å²) in [7, 11) is 0. The van der Waals surface area contributed by atoms with Gasteiger partial charge < -0.3 is 15.2 Å². The summed E-state index contributed by atoms with van der Waals surface area (Å²) in [6.07, 6.45) is 3.54. The van der Waals surface area contributed by atoms with Crippen molar-refractivity contribution in [1.82, 2.24) is 15.0 Å². The van der Waals surface area contributed by atoms with Crippen molar-refractivity contribution in [3.8, 4) is 0 Å². The van der Waals surface area contributed by atoms with Crippen LogP contribution in [0.2, 0.25) is 0 Å². The van der Waals surface area contributed by atoms with Gasteiger partial charge in [-0.2, -0.15) is 4.98 Å². The zero-order valence-electron chi connectivity index (χ0n) is 15.2. The summed E-state index contributed by atoms with van der Waals surface area (Å²) >= 11 is 0. The largest absolute Gasteiger partial charge is 0.337 e. The van der Waals surface area contributed by atoms with E-state index in [1.807, 2.05) is 0 Å². The van der Waals surface area contributed by atoms with Gasteiger partial charge in [-0.15, -0.1) is 0 Å². The van der Waals surface area contributed by atoms with E-state index in [1.54, 1.807) is 4.90 Å². The van der Waals surface area contributed by atoms with Crippen LogP contribution in [0.4, 0.5) is 13.2 Å². The van der Waals surface area contributed by atoms with Crippen LogP contribution >= 0.6 is 0 Å². The first-order valence-electron chi connectivity index (χ1n) is 9.44. The van der Waals surface area contributed by atoms with Crippen LogP contribution in [0.15, 0.2) is 16.7 Å². The molecule has 6 nitrogen and oxygen atoms in total. The second-order valence-corrected chi connectivity index (χ2v) is 7.54. The highest BCUT2D eigenvalue weighted by atomic mass is 19.2. The number of nitrogens with zero attached hydrogens (tertiary/aromatic N) is 3. The van der Waals surface area contributed by atoms with Crippen LogP contribution in [-0.4, -0.2) is 33.5 Å². The van der Waals surface area contributed by atoms with Gasteiger partial charge in [0.2, 0.25) is 11.8 Å². The molecule has 0 unspecified atom stereocenters. The highest BCUT2D eigenvalue weighted by Gasteiger charge is 2.36. The number of nitrogens with two attached hydrogens (primary N) is 1. The SMILES string of the molecule is N[C@@H](CC(=O)N1CCC[C@H]1c1nc(C2CC2)no1)Cc1cc(F)c(F)cc1F. The Morgan fingerprint density at radius 2 is 1.96 bits per heavy atom. The summed E-state index contributed by atoms with van der Waals surface area (Å²) in [5.74, 6) is -1.98. The average Bonchev–Trinajstić information content (AvgIpc) is 3.18. The minimum Gasteiger partial charge on any atom is -0.337 e. The third kappa shape index (κ3) is 3.89. The summed E-state index contributed by atoms with van der Waals surface area (Å²) in [5.41, 5.74) is 5.93. The Morgan fingerprint density at radius 3 is 2.71 bits per heavy atom. The van der Waals surface area contributed by atoms with E-state index in [0.29, 0.717) is 30.2 Å². The number of rotatable bonds is 6. The zero-order chi connectivity index (χ0) is 19.8. The second-order valence-electron chi connectivity index (χ2n) is 7.54. The van der Waals surface area contributed by atoms with Crippen molar-refractivity contribution < 1.29 is 22.5 Å². The number of carbonyl (C=O) groups excluding carboxylic acids is 1. The Morgan fingerprint density at radius 1 is 1.21 bits per heavy atom. The molecule has 1 aromatic heterocycles. The van der Waals surface area contributed by atoms with Gasteiger partial charge in [-0.05, 0) is 43.7 Å². The van der Waals surface area contributed by atoms with Gasteiger partial charge in [-0.1, -0.05) is 5.16 Å². The predicted octanol–water partition coefficient (Wildman–Crippen LogP) is 2.99.